The van der Waals surface area contributed by atoms with Crippen LogP contribution in [0.4, 0.5) is 17.5 Å². The highest BCUT2D eigenvalue weighted by molar-refractivity contribution is 14.1. The topological polar surface area (TPSA) is 75.9 Å². The minimum absolute atomic E-state index is 0.376. The first-order valence-corrected chi connectivity index (χ1v) is 6.58. The number of benzene rings is 1. The molecule has 0 amide bonds. The lowest BCUT2D eigenvalue weighted by Gasteiger charge is -2.10. The van der Waals surface area contributed by atoms with Gasteiger partial charge in [-0.05, 0) is 47.7 Å². The molecular formula is C11H11ClIN5. The van der Waals surface area contributed by atoms with Crippen molar-refractivity contribution in [1.82, 2.24) is 9.97 Å². The second-order valence-corrected chi connectivity index (χ2v) is 5.21. The minimum Gasteiger partial charge on any atom is -0.339 e. The Balaban J connectivity index is 2.30. The fraction of sp³-hybridized carbons (Fsp3) is 0.0909. The highest BCUT2D eigenvalue weighted by Crippen LogP contribution is 2.25. The first-order valence-electron chi connectivity index (χ1n) is 5.13. The van der Waals surface area contributed by atoms with Crippen molar-refractivity contribution in [3.63, 3.8) is 0 Å². The Morgan fingerprint density at radius 3 is 2.72 bits per heavy atom. The van der Waals surface area contributed by atoms with Crippen molar-refractivity contribution in [2.24, 2.45) is 5.84 Å². The number of hydrogen-bond acceptors (Lipinski definition) is 5. The number of nitrogen functional groups attached to an aromatic ring is 1. The van der Waals surface area contributed by atoms with Crippen LogP contribution in [0.5, 0.6) is 0 Å². The number of aromatic nitrogens is 2. The van der Waals surface area contributed by atoms with Gasteiger partial charge in [0.1, 0.15) is 5.82 Å². The van der Waals surface area contributed by atoms with Crippen molar-refractivity contribution in [2.45, 2.75) is 6.92 Å². The molecule has 0 aliphatic carbocycles. The fourth-order valence-electron chi connectivity index (χ4n) is 1.43. The first-order chi connectivity index (χ1) is 8.58. The average molecular weight is 376 g/mol. The summed E-state index contributed by atoms with van der Waals surface area (Å²) in [5.41, 5.74) is 4.19. The molecule has 0 saturated heterocycles. The summed E-state index contributed by atoms with van der Waals surface area (Å²) < 4.78 is 1.01. The van der Waals surface area contributed by atoms with Gasteiger partial charge in [-0.1, -0.05) is 11.6 Å². The van der Waals surface area contributed by atoms with Gasteiger partial charge in [-0.2, -0.15) is 4.98 Å². The number of nitrogens with zero attached hydrogens (tertiary/aromatic N) is 2. The predicted octanol–water partition coefficient (Wildman–Crippen LogP) is 3.07. The molecule has 0 aliphatic rings. The summed E-state index contributed by atoms with van der Waals surface area (Å²) >= 11 is 8.12. The molecule has 7 heteroatoms. The highest BCUT2D eigenvalue weighted by Gasteiger charge is 2.04. The van der Waals surface area contributed by atoms with E-state index in [4.69, 9.17) is 17.4 Å². The Labute approximate surface area is 123 Å². The number of rotatable bonds is 3. The van der Waals surface area contributed by atoms with Crippen molar-refractivity contribution < 1.29 is 0 Å². The molecule has 94 valence electrons. The van der Waals surface area contributed by atoms with E-state index in [-0.39, 0.29) is 0 Å². The van der Waals surface area contributed by atoms with Gasteiger partial charge < -0.3 is 5.32 Å². The minimum atomic E-state index is 0.376. The number of anilines is 3. The van der Waals surface area contributed by atoms with E-state index in [0.29, 0.717) is 16.8 Å². The molecule has 1 heterocycles. The van der Waals surface area contributed by atoms with E-state index in [1.807, 2.05) is 31.2 Å². The molecule has 0 bridgehead atoms. The normalized spacial score (nSPS) is 10.2. The van der Waals surface area contributed by atoms with Crippen molar-refractivity contribution >= 4 is 51.6 Å². The maximum Gasteiger partial charge on any atom is 0.239 e. The fourth-order valence-corrected chi connectivity index (χ4v) is 2.43. The molecular weight excluding hydrogens is 365 g/mol. The SMILES string of the molecule is Cc1cc(Nc2ccc(Cl)cc2I)nc(NN)n1. The second kappa shape index (κ2) is 5.68. The monoisotopic (exact) mass is 375 g/mol. The lowest BCUT2D eigenvalue weighted by atomic mass is 10.3. The predicted molar refractivity (Wildman–Crippen MR) is 82.0 cm³/mol. The van der Waals surface area contributed by atoms with Gasteiger partial charge in [0.05, 0.1) is 5.69 Å². The Morgan fingerprint density at radius 2 is 2.06 bits per heavy atom. The average Bonchev–Trinajstić information content (AvgIpc) is 2.32. The smallest absolute Gasteiger partial charge is 0.239 e. The van der Waals surface area contributed by atoms with Crippen LogP contribution in [0.15, 0.2) is 24.3 Å². The van der Waals surface area contributed by atoms with Gasteiger partial charge in [0.15, 0.2) is 0 Å². The molecule has 18 heavy (non-hydrogen) atoms. The zero-order chi connectivity index (χ0) is 13.1. The lowest BCUT2D eigenvalue weighted by Crippen LogP contribution is -2.12. The van der Waals surface area contributed by atoms with Crippen LogP contribution in [0.2, 0.25) is 5.02 Å². The molecule has 2 rings (SSSR count). The van der Waals surface area contributed by atoms with E-state index < -0.39 is 0 Å². The molecule has 2 aromatic rings. The third kappa shape index (κ3) is 3.21. The van der Waals surface area contributed by atoms with Crippen LogP contribution in [0.1, 0.15) is 5.69 Å². The maximum atomic E-state index is 5.91. The summed E-state index contributed by atoms with van der Waals surface area (Å²) in [6.45, 7) is 1.88. The summed E-state index contributed by atoms with van der Waals surface area (Å²) in [7, 11) is 0. The van der Waals surface area contributed by atoms with E-state index in [0.717, 1.165) is 15.0 Å². The van der Waals surface area contributed by atoms with Gasteiger partial charge in [0.2, 0.25) is 5.95 Å². The zero-order valence-electron chi connectivity index (χ0n) is 9.54. The van der Waals surface area contributed by atoms with Gasteiger partial charge in [0, 0.05) is 20.4 Å². The zero-order valence-corrected chi connectivity index (χ0v) is 12.5. The maximum absolute atomic E-state index is 5.91. The molecule has 0 radical (unpaired) electrons. The van der Waals surface area contributed by atoms with Crippen LogP contribution in [0, 0.1) is 10.5 Å². The Bertz CT molecular complexity index is 575. The Morgan fingerprint density at radius 1 is 1.28 bits per heavy atom. The second-order valence-electron chi connectivity index (χ2n) is 3.61. The van der Waals surface area contributed by atoms with Crippen LogP contribution >= 0.6 is 34.2 Å². The molecule has 0 fully saturated rings. The van der Waals surface area contributed by atoms with E-state index in [1.54, 1.807) is 0 Å². The van der Waals surface area contributed by atoms with Crippen LogP contribution in [0.25, 0.3) is 0 Å². The van der Waals surface area contributed by atoms with Gasteiger partial charge in [-0.3, -0.25) is 5.43 Å². The van der Waals surface area contributed by atoms with Crippen molar-refractivity contribution in [3.8, 4) is 0 Å². The third-order valence-electron chi connectivity index (χ3n) is 2.18. The van der Waals surface area contributed by atoms with E-state index in [9.17, 15) is 0 Å². The van der Waals surface area contributed by atoms with E-state index in [1.165, 1.54) is 0 Å². The Kier molecular flexibility index (Phi) is 4.20. The summed E-state index contributed by atoms with van der Waals surface area (Å²) in [4.78, 5) is 8.34. The van der Waals surface area contributed by atoms with Crippen LogP contribution in [0.3, 0.4) is 0 Å². The number of halogens is 2. The van der Waals surface area contributed by atoms with Crippen LogP contribution in [-0.4, -0.2) is 9.97 Å². The van der Waals surface area contributed by atoms with Crippen molar-refractivity contribution in [2.75, 3.05) is 10.7 Å². The molecule has 5 nitrogen and oxygen atoms in total. The molecule has 0 spiro atoms. The first kappa shape index (κ1) is 13.3. The number of nitrogens with two attached hydrogens (primary N) is 1. The number of hydrazine groups is 1. The van der Waals surface area contributed by atoms with Crippen molar-refractivity contribution in [1.29, 1.82) is 0 Å². The molecule has 0 saturated carbocycles. The number of hydrogen-bond donors (Lipinski definition) is 3. The number of aryl methyl sites for hydroxylation is 1. The molecule has 4 N–H and O–H groups in total. The quantitative estimate of drug-likeness (QED) is 0.437. The van der Waals surface area contributed by atoms with Crippen LogP contribution in [-0.2, 0) is 0 Å². The molecule has 1 aromatic carbocycles. The molecule has 0 unspecified atom stereocenters. The lowest BCUT2D eigenvalue weighted by molar-refractivity contribution is 1.07. The third-order valence-corrected chi connectivity index (χ3v) is 3.30. The van der Waals surface area contributed by atoms with Gasteiger partial charge in [-0.15, -0.1) is 0 Å². The standard InChI is InChI=1S/C11H11ClIN5/c1-6-4-10(17-11(15-6)18-14)16-9-3-2-7(12)5-8(9)13/h2-5H,14H2,1H3,(H2,15,16,17,18). The summed E-state index contributed by atoms with van der Waals surface area (Å²) in [5.74, 6) is 6.36. The molecule has 1 aromatic heterocycles. The van der Waals surface area contributed by atoms with Crippen LogP contribution < -0.4 is 16.6 Å². The largest absolute Gasteiger partial charge is 0.339 e. The summed E-state index contributed by atoms with van der Waals surface area (Å²) in [5, 5.41) is 3.90. The summed E-state index contributed by atoms with van der Waals surface area (Å²) in [6.07, 6.45) is 0. The summed E-state index contributed by atoms with van der Waals surface area (Å²) in [6, 6.07) is 7.44. The van der Waals surface area contributed by atoms with Crippen molar-refractivity contribution in [3.05, 3.63) is 38.6 Å². The Hall–Kier alpha value is -1.12. The van der Waals surface area contributed by atoms with E-state index >= 15 is 0 Å². The van der Waals surface area contributed by atoms with E-state index in [2.05, 4.69) is 43.3 Å². The highest BCUT2D eigenvalue weighted by atomic mass is 127. The molecule has 0 atom stereocenters. The van der Waals surface area contributed by atoms with Gasteiger partial charge >= 0.3 is 0 Å². The van der Waals surface area contributed by atoms with Gasteiger partial charge in [0.25, 0.3) is 0 Å². The van der Waals surface area contributed by atoms with Gasteiger partial charge in [-0.25, -0.2) is 10.8 Å². The number of nitrogens with one attached hydrogen (secondary N) is 2. The molecule has 0 aliphatic heterocycles.